The normalized spacial score (nSPS) is 22.6. The monoisotopic (exact) mass is 265 g/mol. The first-order chi connectivity index (χ1) is 8.66. The summed E-state index contributed by atoms with van der Waals surface area (Å²) < 4.78 is 0. The molecule has 1 heterocycles. The van der Waals surface area contributed by atoms with Crippen molar-refractivity contribution in [2.75, 3.05) is 25.4 Å². The molecule has 0 aromatic heterocycles. The first-order valence-corrected chi connectivity index (χ1v) is 7.33. The Kier molecular flexibility index (Phi) is 4.66. The summed E-state index contributed by atoms with van der Waals surface area (Å²) in [7, 11) is 0. The van der Waals surface area contributed by atoms with E-state index in [4.69, 9.17) is 0 Å². The summed E-state index contributed by atoms with van der Waals surface area (Å²) in [4.78, 5) is 13.7. The number of hydrogen-bond acceptors (Lipinski definition) is 3. The van der Waals surface area contributed by atoms with Crippen LogP contribution in [0.25, 0.3) is 0 Å². The van der Waals surface area contributed by atoms with Gasteiger partial charge in [0.1, 0.15) is 0 Å². The molecule has 4 heteroatoms. The van der Waals surface area contributed by atoms with E-state index in [0.29, 0.717) is 11.8 Å². The second kappa shape index (κ2) is 6.25. The van der Waals surface area contributed by atoms with E-state index >= 15 is 0 Å². The highest BCUT2D eigenvalue weighted by molar-refractivity contribution is 7.99. The third-order valence-electron chi connectivity index (χ3n) is 3.27. The zero-order valence-electron chi connectivity index (χ0n) is 10.6. The molecule has 0 saturated carbocycles. The molecular weight excluding hydrogens is 246 g/mol. The Hall–Kier alpha value is -1.00. The maximum Gasteiger partial charge on any atom is 0.312 e. The van der Waals surface area contributed by atoms with Gasteiger partial charge in [-0.3, -0.25) is 4.79 Å². The molecule has 1 aromatic rings. The van der Waals surface area contributed by atoms with Crippen LogP contribution >= 0.6 is 11.8 Å². The summed E-state index contributed by atoms with van der Waals surface area (Å²) in [5, 5.41) is 9.99. The number of benzene rings is 1. The van der Waals surface area contributed by atoms with Crippen LogP contribution in [-0.4, -0.2) is 46.6 Å². The molecule has 98 valence electrons. The molecule has 0 bridgehead atoms. The summed E-state index contributed by atoms with van der Waals surface area (Å²) in [5.41, 5.74) is 0.899. The van der Waals surface area contributed by atoms with Gasteiger partial charge in [-0.1, -0.05) is 37.3 Å². The van der Waals surface area contributed by atoms with Crippen LogP contribution in [-0.2, 0) is 4.79 Å². The summed E-state index contributed by atoms with van der Waals surface area (Å²) in [6.45, 7) is 4.80. The fourth-order valence-corrected chi connectivity index (χ4v) is 3.41. The van der Waals surface area contributed by atoms with Crippen LogP contribution in [0.5, 0.6) is 0 Å². The first kappa shape index (κ1) is 13.4. The number of carboxylic acids is 1. The number of carbonyl (C=O) groups is 1. The van der Waals surface area contributed by atoms with Gasteiger partial charge in [-0.15, -0.1) is 0 Å². The van der Waals surface area contributed by atoms with Gasteiger partial charge in [0.25, 0.3) is 0 Å². The lowest BCUT2D eigenvalue weighted by atomic mass is 9.98. The lowest BCUT2D eigenvalue weighted by Gasteiger charge is -2.32. The van der Waals surface area contributed by atoms with E-state index in [9.17, 15) is 9.90 Å². The Morgan fingerprint density at radius 2 is 2.22 bits per heavy atom. The quantitative estimate of drug-likeness (QED) is 0.907. The zero-order chi connectivity index (χ0) is 13.0. The second-order valence-corrected chi connectivity index (χ2v) is 6.29. The maximum absolute atomic E-state index is 11.4. The molecule has 1 aliphatic rings. The van der Waals surface area contributed by atoms with Crippen LogP contribution < -0.4 is 0 Å². The average Bonchev–Trinajstić information content (AvgIpc) is 2.37. The summed E-state index contributed by atoms with van der Waals surface area (Å²) in [5.74, 6) is -0.0453. The standard InChI is InChI=1S/C14H19NO2S/c1-11-9-15(7-8-18-11)10-13(14(16)17)12-5-3-2-4-6-12/h2-6,11,13H,7-10H2,1H3,(H,16,17). The van der Waals surface area contributed by atoms with Crippen molar-refractivity contribution in [2.24, 2.45) is 0 Å². The van der Waals surface area contributed by atoms with Gasteiger partial charge in [0.05, 0.1) is 5.92 Å². The smallest absolute Gasteiger partial charge is 0.312 e. The number of carboxylic acid groups (broad SMARTS) is 1. The van der Waals surface area contributed by atoms with Crippen molar-refractivity contribution in [1.82, 2.24) is 4.90 Å². The summed E-state index contributed by atoms with van der Waals surface area (Å²) >= 11 is 1.96. The number of aliphatic carboxylic acids is 1. The number of nitrogens with zero attached hydrogens (tertiary/aromatic N) is 1. The van der Waals surface area contributed by atoms with Crippen molar-refractivity contribution in [2.45, 2.75) is 18.1 Å². The zero-order valence-corrected chi connectivity index (χ0v) is 11.4. The molecule has 1 aliphatic heterocycles. The van der Waals surface area contributed by atoms with Gasteiger partial charge in [0.15, 0.2) is 0 Å². The molecule has 0 spiro atoms. The van der Waals surface area contributed by atoms with Crippen LogP contribution in [0.2, 0.25) is 0 Å². The predicted molar refractivity (Wildman–Crippen MR) is 75.2 cm³/mol. The van der Waals surface area contributed by atoms with Gasteiger partial charge in [0.2, 0.25) is 0 Å². The maximum atomic E-state index is 11.4. The summed E-state index contributed by atoms with van der Waals surface area (Å²) in [6.07, 6.45) is 0. The molecule has 3 nitrogen and oxygen atoms in total. The molecule has 2 atom stereocenters. The number of hydrogen-bond donors (Lipinski definition) is 1. The molecule has 1 saturated heterocycles. The van der Waals surface area contributed by atoms with Crippen LogP contribution in [0.3, 0.4) is 0 Å². The highest BCUT2D eigenvalue weighted by Gasteiger charge is 2.25. The van der Waals surface area contributed by atoms with E-state index in [2.05, 4.69) is 11.8 Å². The minimum Gasteiger partial charge on any atom is -0.481 e. The Balaban J connectivity index is 2.05. The molecule has 2 rings (SSSR count). The van der Waals surface area contributed by atoms with Crippen molar-refractivity contribution in [3.63, 3.8) is 0 Å². The van der Waals surface area contributed by atoms with Crippen molar-refractivity contribution in [3.05, 3.63) is 35.9 Å². The van der Waals surface area contributed by atoms with E-state index in [1.54, 1.807) is 0 Å². The van der Waals surface area contributed by atoms with E-state index in [1.807, 2.05) is 42.1 Å². The Morgan fingerprint density at radius 3 is 2.83 bits per heavy atom. The van der Waals surface area contributed by atoms with Crippen LogP contribution in [0.1, 0.15) is 18.4 Å². The minimum absolute atomic E-state index is 0.415. The SMILES string of the molecule is CC1CN(CC(C(=O)O)c2ccccc2)CCS1. The molecule has 0 radical (unpaired) electrons. The number of thioether (sulfide) groups is 1. The topological polar surface area (TPSA) is 40.5 Å². The minimum atomic E-state index is -0.730. The Bertz CT molecular complexity index is 396. The Labute approximate surface area is 112 Å². The molecular formula is C14H19NO2S. The molecule has 18 heavy (non-hydrogen) atoms. The molecule has 1 aromatic carbocycles. The van der Waals surface area contributed by atoms with Crippen molar-refractivity contribution >= 4 is 17.7 Å². The van der Waals surface area contributed by atoms with E-state index in [1.165, 1.54) is 0 Å². The van der Waals surface area contributed by atoms with Crippen LogP contribution in [0, 0.1) is 0 Å². The van der Waals surface area contributed by atoms with Crippen molar-refractivity contribution in [3.8, 4) is 0 Å². The van der Waals surface area contributed by atoms with Gasteiger partial charge in [-0.05, 0) is 5.56 Å². The van der Waals surface area contributed by atoms with Crippen LogP contribution in [0.15, 0.2) is 30.3 Å². The van der Waals surface area contributed by atoms with Crippen molar-refractivity contribution in [1.29, 1.82) is 0 Å². The second-order valence-electron chi connectivity index (χ2n) is 4.74. The molecule has 1 fully saturated rings. The lowest BCUT2D eigenvalue weighted by Crippen LogP contribution is -2.40. The first-order valence-electron chi connectivity index (χ1n) is 6.28. The van der Waals surface area contributed by atoms with E-state index in [0.717, 1.165) is 24.4 Å². The molecule has 1 N–H and O–H groups in total. The highest BCUT2D eigenvalue weighted by atomic mass is 32.2. The molecule has 0 amide bonds. The van der Waals surface area contributed by atoms with E-state index < -0.39 is 11.9 Å². The number of rotatable bonds is 4. The Morgan fingerprint density at radius 1 is 1.50 bits per heavy atom. The average molecular weight is 265 g/mol. The molecule has 2 unspecified atom stereocenters. The van der Waals surface area contributed by atoms with Gasteiger partial charge in [-0.25, -0.2) is 0 Å². The van der Waals surface area contributed by atoms with Gasteiger partial charge >= 0.3 is 5.97 Å². The molecule has 0 aliphatic carbocycles. The fourth-order valence-electron chi connectivity index (χ4n) is 2.33. The largest absolute Gasteiger partial charge is 0.481 e. The predicted octanol–water partition coefficient (Wildman–Crippen LogP) is 2.29. The van der Waals surface area contributed by atoms with Gasteiger partial charge < -0.3 is 10.0 Å². The van der Waals surface area contributed by atoms with Crippen LogP contribution in [0.4, 0.5) is 0 Å². The third-order valence-corrected chi connectivity index (χ3v) is 4.40. The fraction of sp³-hybridized carbons (Fsp3) is 0.500. The third kappa shape index (κ3) is 3.50. The van der Waals surface area contributed by atoms with Crippen molar-refractivity contribution < 1.29 is 9.90 Å². The van der Waals surface area contributed by atoms with Gasteiger partial charge in [-0.2, -0.15) is 11.8 Å². The summed E-state index contributed by atoms with van der Waals surface area (Å²) in [6, 6.07) is 9.53. The van der Waals surface area contributed by atoms with Gasteiger partial charge in [0, 0.05) is 30.6 Å². The van der Waals surface area contributed by atoms with E-state index in [-0.39, 0.29) is 0 Å². The lowest BCUT2D eigenvalue weighted by molar-refractivity contribution is -0.139. The highest BCUT2D eigenvalue weighted by Crippen LogP contribution is 2.22.